The quantitative estimate of drug-likeness (QED) is 0.878. The molecule has 0 bridgehead atoms. The maximum absolute atomic E-state index is 12.2. The number of thiophene rings is 1. The Hall–Kier alpha value is -1.62. The highest BCUT2D eigenvalue weighted by molar-refractivity contribution is 7.21. The van der Waals surface area contributed by atoms with Crippen LogP contribution in [0.5, 0.6) is 0 Å². The van der Waals surface area contributed by atoms with Gasteiger partial charge in [0.25, 0.3) is 5.91 Å². The van der Waals surface area contributed by atoms with Gasteiger partial charge in [-0.1, -0.05) is 0 Å². The Morgan fingerprint density at radius 3 is 2.55 bits per heavy atom. The number of rotatable bonds is 1. The summed E-state index contributed by atoms with van der Waals surface area (Å²) in [4.78, 5) is 20.0. The molecule has 0 saturated heterocycles. The highest BCUT2D eigenvalue weighted by atomic mass is 32.1. The maximum atomic E-state index is 12.2. The second-order valence-corrected chi connectivity index (χ2v) is 6.59. The van der Waals surface area contributed by atoms with Gasteiger partial charge in [0.1, 0.15) is 9.71 Å². The number of hydrogen-bond donors (Lipinski definition) is 1. The molecule has 20 heavy (non-hydrogen) atoms. The van der Waals surface area contributed by atoms with Gasteiger partial charge in [-0.2, -0.15) is 0 Å². The molecular formula is C15H19N3OS. The van der Waals surface area contributed by atoms with Crippen LogP contribution in [0.2, 0.25) is 0 Å². The Balaban J connectivity index is 2.29. The van der Waals surface area contributed by atoms with E-state index in [1.165, 1.54) is 35.3 Å². The Labute approximate surface area is 122 Å². The molecule has 1 amide bonds. The normalized spacial score (nSPS) is 14.3. The highest BCUT2D eigenvalue weighted by Crippen LogP contribution is 2.39. The Morgan fingerprint density at radius 1 is 1.25 bits per heavy atom. The number of nitrogens with zero attached hydrogens (tertiary/aromatic N) is 2. The molecule has 0 unspecified atom stereocenters. The average Bonchev–Trinajstić information content (AvgIpc) is 2.75. The van der Waals surface area contributed by atoms with E-state index >= 15 is 0 Å². The molecule has 2 heterocycles. The van der Waals surface area contributed by atoms with Crippen molar-refractivity contribution in [2.45, 2.75) is 32.6 Å². The molecule has 4 nitrogen and oxygen atoms in total. The average molecular weight is 289 g/mol. The van der Waals surface area contributed by atoms with Gasteiger partial charge in [-0.3, -0.25) is 4.79 Å². The van der Waals surface area contributed by atoms with Crippen molar-refractivity contribution >= 4 is 33.1 Å². The number of amides is 1. The minimum Gasteiger partial charge on any atom is -0.397 e. The van der Waals surface area contributed by atoms with Crippen LogP contribution >= 0.6 is 11.3 Å². The lowest BCUT2D eigenvalue weighted by atomic mass is 9.89. The van der Waals surface area contributed by atoms with Crippen LogP contribution in [0.1, 0.15) is 39.3 Å². The van der Waals surface area contributed by atoms with Crippen LogP contribution in [0, 0.1) is 6.92 Å². The third-order valence-electron chi connectivity index (χ3n) is 4.00. The molecular weight excluding hydrogens is 270 g/mol. The van der Waals surface area contributed by atoms with E-state index in [0.29, 0.717) is 10.6 Å². The summed E-state index contributed by atoms with van der Waals surface area (Å²) in [5, 5.41) is 1.03. The number of hydrogen-bond acceptors (Lipinski definition) is 4. The van der Waals surface area contributed by atoms with Gasteiger partial charge in [0, 0.05) is 25.2 Å². The van der Waals surface area contributed by atoms with E-state index in [4.69, 9.17) is 5.73 Å². The minimum atomic E-state index is -0.0345. The van der Waals surface area contributed by atoms with Crippen molar-refractivity contribution in [3.63, 3.8) is 0 Å². The van der Waals surface area contributed by atoms with Crippen LogP contribution < -0.4 is 5.73 Å². The van der Waals surface area contributed by atoms with Crippen molar-refractivity contribution < 1.29 is 4.79 Å². The number of fused-ring (bicyclic) bond motifs is 3. The highest BCUT2D eigenvalue weighted by Gasteiger charge is 2.24. The summed E-state index contributed by atoms with van der Waals surface area (Å²) in [5.74, 6) is -0.0345. The lowest BCUT2D eigenvalue weighted by Crippen LogP contribution is -2.21. The Morgan fingerprint density at radius 2 is 1.90 bits per heavy atom. The van der Waals surface area contributed by atoms with E-state index in [0.717, 1.165) is 28.8 Å². The van der Waals surface area contributed by atoms with E-state index in [9.17, 15) is 4.79 Å². The zero-order chi connectivity index (χ0) is 14.4. The summed E-state index contributed by atoms with van der Waals surface area (Å²) in [6.07, 6.45) is 4.54. The van der Waals surface area contributed by atoms with Crippen LogP contribution in [0.25, 0.3) is 10.2 Å². The molecule has 0 aliphatic heterocycles. The van der Waals surface area contributed by atoms with Crippen molar-refractivity contribution in [2.24, 2.45) is 0 Å². The summed E-state index contributed by atoms with van der Waals surface area (Å²) >= 11 is 1.42. The third kappa shape index (κ3) is 1.88. The van der Waals surface area contributed by atoms with E-state index < -0.39 is 0 Å². The molecule has 2 aromatic rings. The fourth-order valence-electron chi connectivity index (χ4n) is 2.96. The number of nitrogen functional groups attached to an aromatic ring is 1. The number of pyridine rings is 1. The van der Waals surface area contributed by atoms with E-state index in [-0.39, 0.29) is 5.91 Å². The van der Waals surface area contributed by atoms with Crippen molar-refractivity contribution in [2.75, 3.05) is 19.8 Å². The molecule has 3 rings (SSSR count). The smallest absolute Gasteiger partial charge is 0.265 e. The molecule has 1 aliphatic rings. The Bertz CT molecular complexity index is 703. The lowest BCUT2D eigenvalue weighted by molar-refractivity contribution is 0.0833. The fourth-order valence-corrected chi connectivity index (χ4v) is 4.16. The lowest BCUT2D eigenvalue weighted by Gasteiger charge is -2.18. The first-order valence-corrected chi connectivity index (χ1v) is 7.74. The predicted molar refractivity (Wildman–Crippen MR) is 83.4 cm³/mol. The molecule has 5 heteroatoms. The fraction of sp³-hybridized carbons (Fsp3) is 0.467. The number of nitrogens with two attached hydrogens (primary N) is 1. The van der Waals surface area contributed by atoms with Crippen LogP contribution in [-0.2, 0) is 12.8 Å². The number of carbonyl (C=O) groups is 1. The zero-order valence-corrected chi connectivity index (χ0v) is 12.9. The predicted octanol–water partition coefficient (Wildman–Crippen LogP) is 2.77. The number of aryl methyl sites for hydroxylation is 2. The summed E-state index contributed by atoms with van der Waals surface area (Å²) in [7, 11) is 3.50. The second kappa shape index (κ2) is 4.74. The van der Waals surface area contributed by atoms with Crippen LogP contribution in [-0.4, -0.2) is 29.9 Å². The molecule has 1 aliphatic carbocycles. The van der Waals surface area contributed by atoms with Crippen LogP contribution in [0.3, 0.4) is 0 Å². The van der Waals surface area contributed by atoms with E-state index in [1.807, 2.05) is 0 Å². The summed E-state index contributed by atoms with van der Waals surface area (Å²) in [5.41, 5.74) is 10.7. The summed E-state index contributed by atoms with van der Waals surface area (Å²) < 4.78 is 0. The van der Waals surface area contributed by atoms with Gasteiger partial charge in [-0.15, -0.1) is 11.3 Å². The third-order valence-corrected chi connectivity index (χ3v) is 5.09. The van der Waals surface area contributed by atoms with Gasteiger partial charge in [0.05, 0.1) is 5.69 Å². The molecule has 0 spiro atoms. The molecule has 0 aromatic carbocycles. The van der Waals surface area contributed by atoms with Gasteiger partial charge in [-0.05, 0) is 43.7 Å². The SMILES string of the molecule is Cc1nc2sc(C(=O)N(C)C)c(N)c2c2c1CCCC2. The molecule has 0 atom stereocenters. The minimum absolute atomic E-state index is 0.0345. The van der Waals surface area contributed by atoms with Crippen LogP contribution in [0.4, 0.5) is 5.69 Å². The number of carbonyl (C=O) groups excluding carboxylic acids is 1. The van der Waals surface area contributed by atoms with Crippen molar-refractivity contribution in [3.05, 3.63) is 21.7 Å². The van der Waals surface area contributed by atoms with E-state index in [2.05, 4.69) is 11.9 Å². The van der Waals surface area contributed by atoms with Gasteiger partial charge < -0.3 is 10.6 Å². The van der Waals surface area contributed by atoms with Crippen molar-refractivity contribution in [1.29, 1.82) is 0 Å². The molecule has 0 radical (unpaired) electrons. The van der Waals surface area contributed by atoms with Gasteiger partial charge >= 0.3 is 0 Å². The standard InChI is InChI=1S/C15H19N3OS/c1-8-9-6-4-5-7-10(9)11-12(16)13(15(19)18(2)3)20-14(11)17-8/h4-7,16H2,1-3H3. The summed E-state index contributed by atoms with van der Waals surface area (Å²) in [6, 6.07) is 0. The topological polar surface area (TPSA) is 59.2 Å². The number of aromatic nitrogens is 1. The largest absolute Gasteiger partial charge is 0.397 e. The summed E-state index contributed by atoms with van der Waals surface area (Å²) in [6.45, 7) is 2.06. The monoisotopic (exact) mass is 289 g/mol. The van der Waals surface area contributed by atoms with E-state index in [1.54, 1.807) is 19.0 Å². The molecule has 0 saturated carbocycles. The first-order chi connectivity index (χ1) is 9.50. The maximum Gasteiger partial charge on any atom is 0.265 e. The second-order valence-electron chi connectivity index (χ2n) is 5.59. The molecule has 106 valence electrons. The molecule has 2 aromatic heterocycles. The molecule has 0 fully saturated rings. The van der Waals surface area contributed by atoms with Gasteiger partial charge in [0.15, 0.2) is 0 Å². The first kappa shape index (κ1) is 13.4. The van der Waals surface area contributed by atoms with Crippen molar-refractivity contribution in [3.8, 4) is 0 Å². The first-order valence-electron chi connectivity index (χ1n) is 6.92. The van der Waals surface area contributed by atoms with Crippen LogP contribution in [0.15, 0.2) is 0 Å². The van der Waals surface area contributed by atoms with Crippen molar-refractivity contribution in [1.82, 2.24) is 9.88 Å². The Kier molecular flexibility index (Phi) is 3.17. The van der Waals surface area contributed by atoms with Gasteiger partial charge in [0.2, 0.25) is 0 Å². The van der Waals surface area contributed by atoms with Gasteiger partial charge in [-0.25, -0.2) is 4.98 Å². The molecule has 2 N–H and O–H groups in total. The zero-order valence-electron chi connectivity index (χ0n) is 12.1. The number of anilines is 1.